The number of hydrogen-bond donors (Lipinski definition) is 1. The predicted octanol–water partition coefficient (Wildman–Crippen LogP) is 3.67. The van der Waals surface area contributed by atoms with E-state index in [2.05, 4.69) is 37.9 Å². The van der Waals surface area contributed by atoms with Crippen molar-refractivity contribution >= 4 is 0 Å². The van der Waals surface area contributed by atoms with Gasteiger partial charge in [-0.05, 0) is 65.0 Å². The topological polar surface area (TPSA) is 15.3 Å². The van der Waals surface area contributed by atoms with Gasteiger partial charge in [-0.1, -0.05) is 26.2 Å². The molecule has 1 heterocycles. The maximum atomic E-state index is 3.68. The quantitative estimate of drug-likeness (QED) is 0.784. The van der Waals surface area contributed by atoms with E-state index in [-0.39, 0.29) is 5.54 Å². The molecule has 2 nitrogen and oxygen atoms in total. The van der Waals surface area contributed by atoms with Crippen LogP contribution in [0, 0.1) is 11.8 Å². The first-order valence-electron chi connectivity index (χ1n) is 8.45. The summed E-state index contributed by atoms with van der Waals surface area (Å²) in [5.41, 5.74) is 0.267. The fraction of sp³-hybridized carbons (Fsp3) is 1.00. The van der Waals surface area contributed by atoms with E-state index in [0.29, 0.717) is 0 Å². The summed E-state index contributed by atoms with van der Waals surface area (Å²) in [6.45, 7) is 13.2. The molecule has 3 unspecified atom stereocenters. The van der Waals surface area contributed by atoms with Gasteiger partial charge in [-0.3, -0.25) is 4.90 Å². The van der Waals surface area contributed by atoms with Crippen LogP contribution < -0.4 is 5.32 Å². The molecule has 0 aromatic heterocycles. The number of rotatable bonds is 3. The molecule has 1 aliphatic heterocycles. The van der Waals surface area contributed by atoms with Crippen molar-refractivity contribution in [2.75, 3.05) is 19.6 Å². The van der Waals surface area contributed by atoms with Crippen molar-refractivity contribution in [2.24, 2.45) is 11.8 Å². The second-order valence-corrected chi connectivity index (χ2v) is 7.96. The fourth-order valence-corrected chi connectivity index (χ4v) is 3.80. The molecule has 0 aromatic carbocycles. The molecule has 1 saturated heterocycles. The van der Waals surface area contributed by atoms with E-state index < -0.39 is 0 Å². The van der Waals surface area contributed by atoms with E-state index in [1.807, 2.05) is 0 Å². The molecule has 0 radical (unpaired) electrons. The predicted molar refractivity (Wildman–Crippen MR) is 83.5 cm³/mol. The van der Waals surface area contributed by atoms with Crippen molar-refractivity contribution in [1.29, 1.82) is 0 Å². The van der Waals surface area contributed by atoms with Crippen molar-refractivity contribution in [1.82, 2.24) is 10.2 Å². The first kappa shape index (κ1) is 15.3. The highest BCUT2D eigenvalue weighted by molar-refractivity contribution is 4.87. The molecule has 2 heteroatoms. The van der Waals surface area contributed by atoms with Crippen LogP contribution in [0.25, 0.3) is 0 Å². The van der Waals surface area contributed by atoms with Crippen LogP contribution in [0.1, 0.15) is 66.2 Å². The summed E-state index contributed by atoms with van der Waals surface area (Å²) in [6, 6.07) is 0.877. The molecule has 0 bridgehead atoms. The zero-order chi connectivity index (χ0) is 13.9. The molecule has 19 heavy (non-hydrogen) atoms. The summed E-state index contributed by atoms with van der Waals surface area (Å²) in [4.78, 5) is 2.81. The summed E-state index contributed by atoms with van der Waals surface area (Å²) >= 11 is 0. The number of nitrogens with one attached hydrogen (secondary N) is 1. The lowest BCUT2D eigenvalue weighted by Gasteiger charge is -2.32. The molecule has 1 N–H and O–H groups in total. The van der Waals surface area contributed by atoms with E-state index in [1.54, 1.807) is 0 Å². The van der Waals surface area contributed by atoms with Gasteiger partial charge in [0.15, 0.2) is 0 Å². The SMILES string of the molecule is CC1CCCCCC1N1CCC(CNC(C)(C)C)C1. The van der Waals surface area contributed by atoms with Gasteiger partial charge in [0.05, 0.1) is 0 Å². The van der Waals surface area contributed by atoms with Gasteiger partial charge in [0.2, 0.25) is 0 Å². The minimum absolute atomic E-state index is 0.267. The smallest absolute Gasteiger partial charge is 0.0121 e. The van der Waals surface area contributed by atoms with Crippen molar-refractivity contribution in [3.63, 3.8) is 0 Å². The minimum Gasteiger partial charge on any atom is -0.312 e. The van der Waals surface area contributed by atoms with Crippen molar-refractivity contribution < 1.29 is 0 Å². The Morgan fingerprint density at radius 2 is 1.79 bits per heavy atom. The van der Waals surface area contributed by atoms with Crippen LogP contribution in [-0.4, -0.2) is 36.1 Å². The van der Waals surface area contributed by atoms with E-state index >= 15 is 0 Å². The summed E-state index contributed by atoms with van der Waals surface area (Å²) in [7, 11) is 0. The van der Waals surface area contributed by atoms with E-state index in [4.69, 9.17) is 0 Å². The van der Waals surface area contributed by atoms with Crippen LogP contribution in [0.5, 0.6) is 0 Å². The maximum Gasteiger partial charge on any atom is 0.0121 e. The summed E-state index contributed by atoms with van der Waals surface area (Å²) in [6.07, 6.45) is 8.67. The van der Waals surface area contributed by atoms with Gasteiger partial charge < -0.3 is 5.32 Å². The Morgan fingerprint density at radius 1 is 1.05 bits per heavy atom. The molecule has 2 aliphatic rings. The summed E-state index contributed by atoms with van der Waals surface area (Å²) < 4.78 is 0. The molecule has 112 valence electrons. The zero-order valence-corrected chi connectivity index (χ0v) is 13.5. The molecular formula is C17H34N2. The lowest BCUT2D eigenvalue weighted by atomic mass is 9.95. The maximum absolute atomic E-state index is 3.68. The van der Waals surface area contributed by atoms with Gasteiger partial charge in [0.25, 0.3) is 0 Å². The monoisotopic (exact) mass is 266 g/mol. The van der Waals surface area contributed by atoms with Crippen LogP contribution in [0.4, 0.5) is 0 Å². The summed E-state index contributed by atoms with van der Waals surface area (Å²) in [5, 5.41) is 3.68. The van der Waals surface area contributed by atoms with Crippen LogP contribution >= 0.6 is 0 Å². The molecule has 3 atom stereocenters. The largest absolute Gasteiger partial charge is 0.312 e. The molecule has 1 aliphatic carbocycles. The van der Waals surface area contributed by atoms with Gasteiger partial charge in [-0.15, -0.1) is 0 Å². The second-order valence-electron chi connectivity index (χ2n) is 7.96. The van der Waals surface area contributed by atoms with E-state index in [1.165, 1.54) is 58.2 Å². The molecule has 1 saturated carbocycles. The minimum atomic E-state index is 0.267. The van der Waals surface area contributed by atoms with Gasteiger partial charge in [-0.25, -0.2) is 0 Å². The molecule has 2 fully saturated rings. The van der Waals surface area contributed by atoms with E-state index in [0.717, 1.165) is 17.9 Å². The molecule has 0 spiro atoms. The Kier molecular flexibility index (Phi) is 5.30. The Bertz CT molecular complexity index is 269. The van der Waals surface area contributed by atoms with Gasteiger partial charge in [-0.2, -0.15) is 0 Å². The first-order valence-corrected chi connectivity index (χ1v) is 8.45. The Morgan fingerprint density at radius 3 is 2.53 bits per heavy atom. The van der Waals surface area contributed by atoms with Gasteiger partial charge in [0.1, 0.15) is 0 Å². The number of nitrogens with zero attached hydrogens (tertiary/aromatic N) is 1. The second kappa shape index (κ2) is 6.58. The Labute approximate surface area is 120 Å². The van der Waals surface area contributed by atoms with Crippen LogP contribution in [0.15, 0.2) is 0 Å². The van der Waals surface area contributed by atoms with Crippen molar-refractivity contribution in [3.8, 4) is 0 Å². The highest BCUT2D eigenvalue weighted by Crippen LogP contribution is 2.30. The normalized spacial score (nSPS) is 34.4. The average molecular weight is 266 g/mol. The van der Waals surface area contributed by atoms with Crippen LogP contribution in [0.2, 0.25) is 0 Å². The third kappa shape index (κ3) is 4.75. The molecule has 2 rings (SSSR count). The van der Waals surface area contributed by atoms with Crippen molar-refractivity contribution in [3.05, 3.63) is 0 Å². The number of hydrogen-bond acceptors (Lipinski definition) is 2. The van der Waals surface area contributed by atoms with Gasteiger partial charge in [0, 0.05) is 18.1 Å². The van der Waals surface area contributed by atoms with E-state index in [9.17, 15) is 0 Å². The van der Waals surface area contributed by atoms with Crippen molar-refractivity contribution in [2.45, 2.75) is 77.8 Å². The Balaban J connectivity index is 1.80. The number of likely N-dealkylation sites (tertiary alicyclic amines) is 1. The lowest BCUT2D eigenvalue weighted by Crippen LogP contribution is -2.41. The van der Waals surface area contributed by atoms with Crippen LogP contribution in [-0.2, 0) is 0 Å². The first-order chi connectivity index (χ1) is 8.96. The molecular weight excluding hydrogens is 232 g/mol. The zero-order valence-electron chi connectivity index (χ0n) is 13.5. The molecule has 0 amide bonds. The third-order valence-electron chi connectivity index (χ3n) is 5.02. The van der Waals surface area contributed by atoms with Crippen LogP contribution in [0.3, 0.4) is 0 Å². The lowest BCUT2D eigenvalue weighted by molar-refractivity contribution is 0.166. The summed E-state index contributed by atoms with van der Waals surface area (Å²) in [5.74, 6) is 1.78. The standard InChI is InChI=1S/C17H34N2/c1-14-8-6-5-7-9-16(14)19-11-10-15(13-19)12-18-17(2,3)4/h14-16,18H,5-13H2,1-4H3. The van der Waals surface area contributed by atoms with Gasteiger partial charge >= 0.3 is 0 Å². The Hall–Kier alpha value is -0.0800. The highest BCUT2D eigenvalue weighted by Gasteiger charge is 2.32. The fourth-order valence-electron chi connectivity index (χ4n) is 3.80. The third-order valence-corrected chi connectivity index (χ3v) is 5.02. The average Bonchev–Trinajstić information content (AvgIpc) is 2.69. The highest BCUT2D eigenvalue weighted by atomic mass is 15.2. The molecule has 0 aromatic rings.